The van der Waals surface area contributed by atoms with Gasteiger partial charge in [-0.2, -0.15) is 4.31 Å². The molecule has 180 valence electrons. The molecule has 32 heavy (non-hydrogen) atoms. The highest BCUT2D eigenvalue weighted by Gasteiger charge is 2.54. The van der Waals surface area contributed by atoms with Gasteiger partial charge < -0.3 is 9.64 Å². The van der Waals surface area contributed by atoms with Crippen LogP contribution in [0.25, 0.3) is 0 Å². The number of carbonyl (C=O) groups excluding carboxylic acids is 1. The molecule has 0 aliphatic carbocycles. The average molecular weight is 469 g/mol. The summed E-state index contributed by atoms with van der Waals surface area (Å²) < 4.78 is 31.7. The lowest BCUT2D eigenvalue weighted by Crippen LogP contribution is -2.62. The molecule has 0 bridgehead atoms. The lowest BCUT2D eigenvalue weighted by Gasteiger charge is -2.41. The minimum Gasteiger partial charge on any atom is -0.381 e. The summed E-state index contributed by atoms with van der Waals surface area (Å²) in [4.78, 5) is 19.0. The summed E-state index contributed by atoms with van der Waals surface area (Å²) in [6.45, 7) is 4.08. The SMILES string of the molecule is CCCCCCCc1ccc(N2CCN(S(=O)(=O)C3(C(=O)NO)CCOCC3)CC2)nc1. The van der Waals surface area contributed by atoms with E-state index in [4.69, 9.17) is 4.74 Å². The zero-order valence-electron chi connectivity index (χ0n) is 19.0. The van der Waals surface area contributed by atoms with Crippen molar-refractivity contribution >= 4 is 21.7 Å². The van der Waals surface area contributed by atoms with E-state index in [9.17, 15) is 18.4 Å². The van der Waals surface area contributed by atoms with Gasteiger partial charge in [0.25, 0.3) is 5.91 Å². The first-order valence-electron chi connectivity index (χ1n) is 11.7. The number of pyridine rings is 1. The van der Waals surface area contributed by atoms with E-state index < -0.39 is 20.7 Å². The van der Waals surface area contributed by atoms with E-state index >= 15 is 0 Å². The van der Waals surface area contributed by atoms with Gasteiger partial charge in [0.1, 0.15) is 5.82 Å². The quantitative estimate of drug-likeness (QED) is 0.307. The Labute approximate surface area is 191 Å². The van der Waals surface area contributed by atoms with Gasteiger partial charge in [-0.15, -0.1) is 0 Å². The van der Waals surface area contributed by atoms with Gasteiger partial charge >= 0.3 is 0 Å². The summed E-state index contributed by atoms with van der Waals surface area (Å²) in [7, 11) is -3.95. The van der Waals surface area contributed by atoms with Crippen molar-refractivity contribution in [3.05, 3.63) is 23.9 Å². The van der Waals surface area contributed by atoms with Crippen molar-refractivity contribution in [3.8, 4) is 0 Å². The van der Waals surface area contributed by atoms with Gasteiger partial charge in [-0.1, -0.05) is 38.7 Å². The molecule has 1 aromatic heterocycles. The molecule has 0 atom stereocenters. The monoisotopic (exact) mass is 468 g/mol. The van der Waals surface area contributed by atoms with Crippen LogP contribution in [0.4, 0.5) is 5.82 Å². The number of anilines is 1. The molecule has 9 nitrogen and oxygen atoms in total. The van der Waals surface area contributed by atoms with E-state index in [1.807, 2.05) is 12.3 Å². The normalized spacial score (nSPS) is 19.6. The highest BCUT2D eigenvalue weighted by molar-refractivity contribution is 7.91. The van der Waals surface area contributed by atoms with E-state index in [1.54, 1.807) is 5.48 Å². The lowest BCUT2D eigenvalue weighted by molar-refractivity contribution is -0.134. The van der Waals surface area contributed by atoms with Crippen molar-refractivity contribution in [1.29, 1.82) is 0 Å². The molecule has 0 aromatic carbocycles. The number of aryl methyl sites for hydroxylation is 1. The molecule has 0 radical (unpaired) electrons. The van der Waals surface area contributed by atoms with E-state index in [-0.39, 0.29) is 39.1 Å². The first-order chi connectivity index (χ1) is 15.4. The number of aromatic nitrogens is 1. The minimum absolute atomic E-state index is 0.0312. The number of ether oxygens (including phenoxy) is 1. The molecular formula is C22H36N4O5S. The van der Waals surface area contributed by atoms with Crippen LogP contribution in [0.1, 0.15) is 57.4 Å². The Hall–Kier alpha value is -1.75. The Kier molecular flexibility index (Phi) is 8.87. The Balaban J connectivity index is 1.57. The first kappa shape index (κ1) is 24.9. The van der Waals surface area contributed by atoms with Gasteiger partial charge in [0.15, 0.2) is 4.75 Å². The van der Waals surface area contributed by atoms with Crippen LogP contribution >= 0.6 is 0 Å². The van der Waals surface area contributed by atoms with Crippen LogP contribution in [0, 0.1) is 0 Å². The van der Waals surface area contributed by atoms with Crippen LogP contribution in [0.15, 0.2) is 18.3 Å². The maximum atomic E-state index is 13.4. The summed E-state index contributed by atoms with van der Waals surface area (Å²) >= 11 is 0. The van der Waals surface area contributed by atoms with Gasteiger partial charge in [0.05, 0.1) is 0 Å². The number of rotatable bonds is 10. The standard InChI is InChI=1S/C22H36N4O5S/c1-2-3-4-5-6-7-19-8-9-20(23-18-19)25-12-14-26(15-13-25)32(29,30)22(21(27)24-28)10-16-31-17-11-22/h8-9,18,28H,2-7,10-17H2,1H3,(H,24,27). The van der Waals surface area contributed by atoms with Gasteiger partial charge in [-0.3, -0.25) is 10.0 Å². The van der Waals surface area contributed by atoms with Crippen molar-refractivity contribution in [1.82, 2.24) is 14.8 Å². The summed E-state index contributed by atoms with van der Waals surface area (Å²) in [6, 6.07) is 4.11. The zero-order chi connectivity index (χ0) is 23.0. The summed E-state index contributed by atoms with van der Waals surface area (Å²) in [5.41, 5.74) is 2.79. The molecule has 1 aromatic rings. The molecule has 0 unspecified atom stereocenters. The van der Waals surface area contributed by atoms with Crippen LogP contribution < -0.4 is 10.4 Å². The largest absolute Gasteiger partial charge is 0.381 e. The number of piperazine rings is 1. The van der Waals surface area contributed by atoms with Crippen molar-refractivity contribution in [2.24, 2.45) is 0 Å². The Bertz CT molecular complexity index is 832. The molecule has 2 fully saturated rings. The Morgan fingerprint density at radius 1 is 1.12 bits per heavy atom. The van der Waals surface area contributed by atoms with Crippen LogP contribution in [0.5, 0.6) is 0 Å². The number of hydroxylamine groups is 1. The fourth-order valence-electron chi connectivity index (χ4n) is 4.49. The highest BCUT2D eigenvalue weighted by atomic mass is 32.2. The number of unbranched alkanes of at least 4 members (excludes halogenated alkanes) is 4. The third kappa shape index (κ3) is 5.41. The molecular weight excluding hydrogens is 432 g/mol. The number of nitrogens with zero attached hydrogens (tertiary/aromatic N) is 3. The molecule has 3 rings (SSSR count). The second-order valence-corrected chi connectivity index (χ2v) is 10.9. The predicted octanol–water partition coefficient (Wildman–Crippen LogP) is 2.10. The number of hydrogen-bond donors (Lipinski definition) is 2. The third-order valence-corrected chi connectivity index (χ3v) is 9.22. The molecule has 10 heteroatoms. The molecule has 0 spiro atoms. The smallest absolute Gasteiger partial charge is 0.266 e. The van der Waals surface area contributed by atoms with Crippen LogP contribution in [-0.4, -0.2) is 73.0 Å². The van der Waals surface area contributed by atoms with Crippen molar-refractivity contribution in [3.63, 3.8) is 0 Å². The van der Waals surface area contributed by atoms with Gasteiger partial charge in [0.2, 0.25) is 10.0 Å². The fraction of sp³-hybridized carbons (Fsp3) is 0.727. The topological polar surface area (TPSA) is 112 Å². The maximum absolute atomic E-state index is 13.4. The summed E-state index contributed by atoms with van der Waals surface area (Å²) in [5, 5.41) is 9.18. The molecule has 1 amide bonds. The Morgan fingerprint density at radius 3 is 2.41 bits per heavy atom. The van der Waals surface area contributed by atoms with Gasteiger partial charge in [0, 0.05) is 58.4 Å². The Morgan fingerprint density at radius 2 is 1.81 bits per heavy atom. The molecule has 2 aliphatic rings. The lowest BCUT2D eigenvalue weighted by atomic mass is 9.98. The van der Waals surface area contributed by atoms with Gasteiger partial charge in [-0.05, 0) is 24.5 Å². The van der Waals surface area contributed by atoms with E-state index in [0.717, 1.165) is 12.2 Å². The minimum atomic E-state index is -3.95. The molecule has 2 aliphatic heterocycles. The van der Waals surface area contributed by atoms with Crippen LogP contribution in [0.2, 0.25) is 0 Å². The molecule has 2 N–H and O–H groups in total. The second-order valence-electron chi connectivity index (χ2n) is 8.63. The second kappa shape index (κ2) is 11.4. The highest BCUT2D eigenvalue weighted by Crippen LogP contribution is 2.33. The molecule has 3 heterocycles. The van der Waals surface area contributed by atoms with Crippen molar-refractivity contribution < 1.29 is 23.2 Å². The first-order valence-corrected chi connectivity index (χ1v) is 13.1. The predicted molar refractivity (Wildman–Crippen MR) is 122 cm³/mol. The molecule has 2 saturated heterocycles. The van der Waals surface area contributed by atoms with Crippen molar-refractivity contribution in [2.75, 3.05) is 44.3 Å². The van der Waals surface area contributed by atoms with E-state index in [0.29, 0.717) is 13.1 Å². The average Bonchev–Trinajstić information content (AvgIpc) is 2.84. The summed E-state index contributed by atoms with van der Waals surface area (Å²) in [6.07, 6.45) is 9.24. The van der Waals surface area contributed by atoms with E-state index in [1.165, 1.54) is 42.0 Å². The van der Waals surface area contributed by atoms with Crippen molar-refractivity contribution in [2.45, 2.75) is 63.0 Å². The third-order valence-electron chi connectivity index (χ3n) is 6.59. The summed E-state index contributed by atoms with van der Waals surface area (Å²) in [5.74, 6) is -0.0409. The maximum Gasteiger partial charge on any atom is 0.266 e. The number of carbonyl (C=O) groups is 1. The van der Waals surface area contributed by atoms with E-state index in [2.05, 4.69) is 22.9 Å². The number of nitrogens with one attached hydrogen (secondary N) is 1. The number of amides is 1. The van der Waals surface area contributed by atoms with Crippen LogP contribution in [0.3, 0.4) is 0 Å². The van der Waals surface area contributed by atoms with Gasteiger partial charge in [-0.25, -0.2) is 18.9 Å². The number of hydrogen-bond acceptors (Lipinski definition) is 7. The fourth-order valence-corrected chi connectivity index (χ4v) is 6.59. The van der Waals surface area contributed by atoms with Crippen LogP contribution in [-0.2, 0) is 26.0 Å². The zero-order valence-corrected chi connectivity index (χ0v) is 19.8. The molecule has 0 saturated carbocycles. The number of sulfonamides is 1.